The van der Waals surface area contributed by atoms with Crippen molar-refractivity contribution in [1.29, 1.82) is 0 Å². The molecule has 0 spiro atoms. The van der Waals surface area contributed by atoms with E-state index in [0.29, 0.717) is 24.1 Å². The number of carboxylic acid groups (broad SMARTS) is 1. The Morgan fingerprint density at radius 3 is 2.51 bits per heavy atom. The van der Waals surface area contributed by atoms with Gasteiger partial charge >= 0.3 is 12.1 Å². The number of halogens is 4. The summed E-state index contributed by atoms with van der Waals surface area (Å²) in [6.07, 6.45) is 0.233. The molecule has 15 heteroatoms. The molecule has 0 saturated heterocycles. The molecule has 2 N–H and O–H groups in total. The monoisotopic (exact) mass is 618 g/mol. The third-order valence-corrected chi connectivity index (χ3v) is 7.80. The molecule has 3 aromatic heterocycles. The Bertz CT molecular complexity index is 1770. The number of aromatic nitrogens is 6. The smallest absolute Gasteiger partial charge is 0.475 e. The summed E-state index contributed by atoms with van der Waals surface area (Å²) < 4.78 is 35.2. The van der Waals surface area contributed by atoms with Crippen LogP contribution in [0, 0.1) is 6.92 Å². The fourth-order valence-electron chi connectivity index (χ4n) is 5.51. The van der Waals surface area contributed by atoms with Crippen molar-refractivity contribution in [2.45, 2.75) is 58.3 Å². The molecule has 0 fully saturated rings. The zero-order valence-electron chi connectivity index (χ0n) is 23.8. The van der Waals surface area contributed by atoms with Crippen LogP contribution in [0.2, 0.25) is 5.02 Å². The Morgan fingerprint density at radius 1 is 1.07 bits per heavy atom. The molecule has 1 aliphatic heterocycles. The number of anilines is 2. The average Bonchev–Trinajstić information content (AvgIpc) is 3.26. The Labute approximate surface area is 249 Å². The Balaban J connectivity index is 0.000000472. The topological polar surface area (TPSA) is 131 Å². The predicted octanol–water partition coefficient (Wildman–Crippen LogP) is 4.11. The van der Waals surface area contributed by atoms with Gasteiger partial charge in [-0.3, -0.25) is 9.48 Å². The van der Waals surface area contributed by atoms with Gasteiger partial charge in [0.1, 0.15) is 5.82 Å². The van der Waals surface area contributed by atoms with Gasteiger partial charge < -0.3 is 15.3 Å². The number of fused-ring (bicyclic) bond motifs is 3. The molecule has 0 unspecified atom stereocenters. The number of nitrogens with one attached hydrogen (secondary N) is 1. The molecule has 0 atom stereocenters. The van der Waals surface area contributed by atoms with Gasteiger partial charge in [-0.05, 0) is 55.9 Å². The number of carbonyl (C=O) groups is 1. The van der Waals surface area contributed by atoms with E-state index < -0.39 is 12.1 Å². The second-order valence-electron chi connectivity index (χ2n) is 10.6. The first-order valence-corrected chi connectivity index (χ1v) is 14.1. The zero-order chi connectivity index (χ0) is 31.1. The van der Waals surface area contributed by atoms with Crippen LogP contribution in [-0.2, 0) is 51.2 Å². The van der Waals surface area contributed by atoms with Crippen molar-refractivity contribution in [3.63, 3.8) is 0 Å². The summed E-state index contributed by atoms with van der Waals surface area (Å²) in [6, 6.07) is 5.50. The van der Waals surface area contributed by atoms with E-state index in [9.17, 15) is 18.0 Å². The Hall–Kier alpha value is -4.20. The van der Waals surface area contributed by atoms with E-state index >= 15 is 0 Å². The lowest BCUT2D eigenvalue weighted by atomic mass is 9.96. The molecule has 0 bridgehead atoms. The molecular weight excluding hydrogens is 589 g/mol. The Morgan fingerprint density at radius 2 is 1.79 bits per heavy atom. The number of benzene rings is 1. The minimum absolute atomic E-state index is 0.113. The molecule has 43 heavy (non-hydrogen) atoms. The first kappa shape index (κ1) is 30.3. The van der Waals surface area contributed by atoms with E-state index in [-0.39, 0.29) is 5.56 Å². The number of carboxylic acids is 1. The third kappa shape index (κ3) is 6.43. The van der Waals surface area contributed by atoms with E-state index in [0.717, 1.165) is 65.0 Å². The van der Waals surface area contributed by atoms with E-state index in [1.807, 2.05) is 30.8 Å². The highest BCUT2D eigenvalue weighted by Gasteiger charge is 2.38. The highest BCUT2D eigenvalue weighted by Crippen LogP contribution is 2.32. The summed E-state index contributed by atoms with van der Waals surface area (Å²) in [5.74, 6) is -1.37. The molecule has 1 aromatic carbocycles. The van der Waals surface area contributed by atoms with Crippen molar-refractivity contribution >= 4 is 40.2 Å². The lowest BCUT2D eigenvalue weighted by Crippen LogP contribution is -2.35. The van der Waals surface area contributed by atoms with E-state index in [2.05, 4.69) is 15.3 Å². The number of alkyl halides is 3. The van der Waals surface area contributed by atoms with Crippen LogP contribution in [0.25, 0.3) is 10.9 Å². The quantitative estimate of drug-likeness (QED) is 0.347. The van der Waals surface area contributed by atoms with Crippen molar-refractivity contribution in [2.75, 3.05) is 16.8 Å². The van der Waals surface area contributed by atoms with Crippen molar-refractivity contribution in [3.8, 4) is 0 Å². The molecule has 2 aliphatic rings. The molecule has 4 heterocycles. The lowest BCUT2D eigenvalue weighted by molar-refractivity contribution is -0.192. The van der Waals surface area contributed by atoms with Crippen LogP contribution in [0.4, 0.5) is 24.9 Å². The summed E-state index contributed by atoms with van der Waals surface area (Å²) in [5, 5.41) is 21.6. The molecule has 6 rings (SSSR count). The fourth-order valence-corrected chi connectivity index (χ4v) is 5.78. The van der Waals surface area contributed by atoms with Gasteiger partial charge in [-0.2, -0.15) is 28.4 Å². The number of aryl methyl sites for hydroxylation is 3. The molecule has 0 amide bonds. The van der Waals surface area contributed by atoms with E-state index in [4.69, 9.17) is 36.6 Å². The van der Waals surface area contributed by atoms with Crippen LogP contribution < -0.4 is 15.8 Å². The standard InChI is InChI=1S/C26H29ClN8O.C2HF3O2/c1-15-10-17(27)12-20-24(15)25(28-13-21-18-6-4-5-7-22(18)33(2)32-21)30-26(29-20)35-9-8-19-16(14-35)11-23(36)34(3)31-19;3-2(4,5)1(6)7/h10-12H,4-9,13-14H2,1-3H3,(H,28,29,30);(H,6,7). The van der Waals surface area contributed by atoms with Gasteiger partial charge in [0.25, 0.3) is 5.56 Å². The van der Waals surface area contributed by atoms with Gasteiger partial charge in [0.2, 0.25) is 5.95 Å². The number of hydrogen-bond acceptors (Lipinski definition) is 8. The van der Waals surface area contributed by atoms with Crippen LogP contribution in [0.15, 0.2) is 23.0 Å². The van der Waals surface area contributed by atoms with Crippen LogP contribution in [0.1, 0.15) is 46.6 Å². The van der Waals surface area contributed by atoms with Crippen LogP contribution in [0.5, 0.6) is 0 Å². The molecule has 11 nitrogen and oxygen atoms in total. The molecular formula is C28H30ClF3N8O3. The van der Waals surface area contributed by atoms with Crippen LogP contribution in [0.3, 0.4) is 0 Å². The van der Waals surface area contributed by atoms with Gasteiger partial charge in [0.15, 0.2) is 0 Å². The second kappa shape index (κ2) is 11.8. The summed E-state index contributed by atoms with van der Waals surface area (Å²) in [6.45, 7) is 3.89. The van der Waals surface area contributed by atoms with Gasteiger partial charge in [0.05, 0.1) is 23.4 Å². The molecule has 1 aliphatic carbocycles. The Kier molecular flexibility index (Phi) is 8.32. The number of aliphatic carboxylic acids is 1. The molecule has 4 aromatic rings. The van der Waals surface area contributed by atoms with Crippen LogP contribution in [-0.4, -0.2) is 53.3 Å². The largest absolute Gasteiger partial charge is 0.490 e. The van der Waals surface area contributed by atoms with Crippen molar-refractivity contribution < 1.29 is 23.1 Å². The second-order valence-corrected chi connectivity index (χ2v) is 11.0. The predicted molar refractivity (Wildman–Crippen MR) is 154 cm³/mol. The SMILES string of the molecule is Cc1cc(Cl)cc2nc(N3CCc4nn(C)c(=O)cc4C3)nc(NCc3nn(C)c4c3CCCC4)c12.O=C(O)C(F)(F)F. The first-order valence-electron chi connectivity index (χ1n) is 13.7. The van der Waals surface area contributed by atoms with Crippen LogP contribution >= 0.6 is 11.6 Å². The number of hydrogen-bond donors (Lipinski definition) is 2. The van der Waals surface area contributed by atoms with Gasteiger partial charge in [-0.1, -0.05) is 11.6 Å². The normalized spacial score (nSPS) is 14.5. The highest BCUT2D eigenvalue weighted by atomic mass is 35.5. The van der Waals surface area contributed by atoms with Gasteiger partial charge in [-0.15, -0.1) is 0 Å². The molecule has 0 radical (unpaired) electrons. The number of nitrogens with zero attached hydrogens (tertiary/aromatic N) is 7. The van der Waals surface area contributed by atoms with Crippen molar-refractivity contribution in [3.05, 3.63) is 67.3 Å². The molecule has 0 saturated carbocycles. The lowest BCUT2D eigenvalue weighted by Gasteiger charge is -2.29. The average molecular weight is 619 g/mol. The zero-order valence-corrected chi connectivity index (χ0v) is 24.6. The van der Waals surface area contributed by atoms with E-state index in [1.165, 1.54) is 28.8 Å². The minimum Gasteiger partial charge on any atom is -0.475 e. The molecule has 228 valence electrons. The van der Waals surface area contributed by atoms with E-state index in [1.54, 1.807) is 13.1 Å². The maximum absolute atomic E-state index is 12.2. The summed E-state index contributed by atoms with van der Waals surface area (Å²) >= 11 is 6.42. The number of rotatable bonds is 4. The van der Waals surface area contributed by atoms with Crippen molar-refractivity contribution in [2.24, 2.45) is 14.1 Å². The fraction of sp³-hybridized carbons (Fsp3) is 0.429. The third-order valence-electron chi connectivity index (χ3n) is 7.58. The van der Waals surface area contributed by atoms with Gasteiger partial charge in [-0.25, -0.2) is 14.5 Å². The first-order chi connectivity index (χ1) is 20.3. The summed E-state index contributed by atoms with van der Waals surface area (Å²) in [4.78, 5) is 33.1. The van der Waals surface area contributed by atoms with Gasteiger partial charge in [0, 0.05) is 61.3 Å². The summed E-state index contributed by atoms with van der Waals surface area (Å²) in [7, 11) is 3.72. The maximum atomic E-state index is 12.2. The van der Waals surface area contributed by atoms with Crippen molar-refractivity contribution in [1.82, 2.24) is 29.5 Å². The maximum Gasteiger partial charge on any atom is 0.490 e. The highest BCUT2D eigenvalue weighted by molar-refractivity contribution is 6.31. The summed E-state index contributed by atoms with van der Waals surface area (Å²) in [5.41, 5.74) is 7.38. The minimum atomic E-state index is -5.08.